The van der Waals surface area contributed by atoms with Crippen LogP contribution in [0.1, 0.15) is 19.4 Å². The van der Waals surface area contributed by atoms with Gasteiger partial charge in [0.15, 0.2) is 0 Å². The van der Waals surface area contributed by atoms with Crippen molar-refractivity contribution in [3.8, 4) is 0 Å². The number of nitrogens with zero attached hydrogens (tertiary/aromatic N) is 5. The van der Waals surface area contributed by atoms with Gasteiger partial charge in [-0.15, -0.1) is 0 Å². The highest BCUT2D eigenvalue weighted by atomic mass is 16.2. The van der Waals surface area contributed by atoms with E-state index in [-0.39, 0.29) is 11.8 Å². The van der Waals surface area contributed by atoms with Gasteiger partial charge in [0.2, 0.25) is 11.8 Å². The molecule has 0 spiro atoms. The van der Waals surface area contributed by atoms with Crippen molar-refractivity contribution >= 4 is 17.5 Å². The number of carbonyl (C=O) groups is 2. The molecular weight excluding hydrogens is 284 g/mol. The average Bonchev–Trinajstić information content (AvgIpc) is 3.21. The third kappa shape index (κ3) is 2.59. The molecule has 0 aromatic carbocycles. The standard InChI is InChI=1S/C14H18N6O2/c1-10(20-6-3-5-15-20)13(21)17-12-4-7-19(14(12)22)11-8-16-18(2)9-11/h3,5-6,8-10,12H,4,7H2,1-2H3,(H,17,21)/t10-,12+/m0/s1. The zero-order valence-corrected chi connectivity index (χ0v) is 12.5. The number of aryl methyl sites for hydroxylation is 1. The van der Waals surface area contributed by atoms with E-state index >= 15 is 0 Å². The highest BCUT2D eigenvalue weighted by Gasteiger charge is 2.35. The second-order valence-electron chi connectivity index (χ2n) is 5.37. The lowest BCUT2D eigenvalue weighted by Gasteiger charge is -2.17. The molecule has 2 atom stereocenters. The molecule has 0 aliphatic carbocycles. The highest BCUT2D eigenvalue weighted by Crippen LogP contribution is 2.21. The van der Waals surface area contributed by atoms with Gasteiger partial charge in [0, 0.05) is 32.2 Å². The number of carbonyl (C=O) groups excluding carboxylic acids is 2. The van der Waals surface area contributed by atoms with Crippen LogP contribution in [0.4, 0.5) is 5.69 Å². The van der Waals surface area contributed by atoms with Gasteiger partial charge in [-0.3, -0.25) is 19.0 Å². The normalized spacial score (nSPS) is 19.5. The molecule has 2 amide bonds. The van der Waals surface area contributed by atoms with Crippen LogP contribution in [-0.2, 0) is 16.6 Å². The van der Waals surface area contributed by atoms with Crippen LogP contribution in [-0.4, -0.2) is 44.0 Å². The van der Waals surface area contributed by atoms with Crippen LogP contribution in [0.2, 0.25) is 0 Å². The van der Waals surface area contributed by atoms with E-state index in [9.17, 15) is 9.59 Å². The maximum Gasteiger partial charge on any atom is 0.249 e. The van der Waals surface area contributed by atoms with Crippen LogP contribution in [0, 0.1) is 0 Å². The molecule has 3 heterocycles. The quantitative estimate of drug-likeness (QED) is 0.868. The largest absolute Gasteiger partial charge is 0.342 e. The fourth-order valence-electron chi connectivity index (χ4n) is 2.54. The molecule has 0 radical (unpaired) electrons. The Labute approximate surface area is 127 Å². The summed E-state index contributed by atoms with van der Waals surface area (Å²) >= 11 is 0. The monoisotopic (exact) mass is 302 g/mol. The summed E-state index contributed by atoms with van der Waals surface area (Å²) in [6.07, 6.45) is 7.37. The number of nitrogens with one attached hydrogen (secondary N) is 1. The van der Waals surface area contributed by atoms with Gasteiger partial charge in [-0.2, -0.15) is 10.2 Å². The maximum absolute atomic E-state index is 12.4. The van der Waals surface area contributed by atoms with E-state index in [1.807, 2.05) is 0 Å². The Balaban J connectivity index is 1.64. The number of anilines is 1. The van der Waals surface area contributed by atoms with Crippen molar-refractivity contribution < 1.29 is 9.59 Å². The molecule has 2 aromatic rings. The first-order valence-electron chi connectivity index (χ1n) is 7.16. The van der Waals surface area contributed by atoms with Crippen molar-refractivity contribution in [3.05, 3.63) is 30.9 Å². The van der Waals surface area contributed by atoms with E-state index in [0.29, 0.717) is 13.0 Å². The van der Waals surface area contributed by atoms with E-state index in [1.54, 1.807) is 59.1 Å². The minimum atomic E-state index is -0.495. The summed E-state index contributed by atoms with van der Waals surface area (Å²) in [6.45, 7) is 2.33. The second kappa shape index (κ2) is 5.63. The van der Waals surface area contributed by atoms with Crippen LogP contribution >= 0.6 is 0 Å². The van der Waals surface area contributed by atoms with Gasteiger partial charge in [-0.05, 0) is 19.4 Å². The highest BCUT2D eigenvalue weighted by molar-refractivity contribution is 6.01. The van der Waals surface area contributed by atoms with Gasteiger partial charge in [0.1, 0.15) is 12.1 Å². The molecule has 1 aliphatic heterocycles. The maximum atomic E-state index is 12.4. The summed E-state index contributed by atoms with van der Waals surface area (Å²) in [7, 11) is 1.80. The fraction of sp³-hybridized carbons (Fsp3) is 0.429. The summed E-state index contributed by atoms with van der Waals surface area (Å²) < 4.78 is 3.21. The van der Waals surface area contributed by atoms with Gasteiger partial charge >= 0.3 is 0 Å². The number of amides is 2. The third-order valence-electron chi connectivity index (χ3n) is 3.83. The van der Waals surface area contributed by atoms with Crippen molar-refractivity contribution in [2.24, 2.45) is 7.05 Å². The molecule has 116 valence electrons. The third-order valence-corrected chi connectivity index (χ3v) is 3.83. The topological polar surface area (TPSA) is 85.0 Å². The van der Waals surface area contributed by atoms with E-state index in [4.69, 9.17) is 0 Å². The summed E-state index contributed by atoms with van der Waals surface area (Å²) in [4.78, 5) is 26.3. The first-order chi connectivity index (χ1) is 10.6. The van der Waals surface area contributed by atoms with Gasteiger partial charge in [-0.25, -0.2) is 0 Å². The van der Waals surface area contributed by atoms with Crippen LogP contribution in [0.3, 0.4) is 0 Å². The first-order valence-corrected chi connectivity index (χ1v) is 7.16. The molecule has 8 nitrogen and oxygen atoms in total. The molecule has 22 heavy (non-hydrogen) atoms. The smallest absolute Gasteiger partial charge is 0.249 e. The molecule has 0 bridgehead atoms. The number of hydrogen-bond acceptors (Lipinski definition) is 4. The van der Waals surface area contributed by atoms with Crippen LogP contribution in [0.15, 0.2) is 30.9 Å². The SMILES string of the molecule is C[C@@H](C(=O)N[C@@H]1CCN(c2cnn(C)c2)C1=O)n1cccn1. The van der Waals surface area contributed by atoms with E-state index < -0.39 is 12.1 Å². The lowest BCUT2D eigenvalue weighted by Crippen LogP contribution is -2.44. The van der Waals surface area contributed by atoms with Gasteiger partial charge in [0.25, 0.3) is 0 Å². The van der Waals surface area contributed by atoms with Crippen LogP contribution in [0.25, 0.3) is 0 Å². The Morgan fingerprint density at radius 1 is 1.45 bits per heavy atom. The molecule has 1 fully saturated rings. The van der Waals surface area contributed by atoms with Gasteiger partial charge < -0.3 is 10.2 Å². The molecule has 1 N–H and O–H groups in total. The molecule has 0 unspecified atom stereocenters. The summed E-state index contributed by atoms with van der Waals surface area (Å²) in [5.74, 6) is -0.316. The minimum absolute atomic E-state index is 0.103. The van der Waals surface area contributed by atoms with E-state index in [2.05, 4.69) is 15.5 Å². The molecule has 2 aromatic heterocycles. The molecule has 3 rings (SSSR count). The summed E-state index contributed by atoms with van der Waals surface area (Å²) in [6, 6.07) is 0.815. The Hall–Kier alpha value is -2.64. The fourth-order valence-corrected chi connectivity index (χ4v) is 2.54. The molecule has 8 heteroatoms. The number of hydrogen-bond donors (Lipinski definition) is 1. The minimum Gasteiger partial charge on any atom is -0.342 e. The Morgan fingerprint density at radius 3 is 2.91 bits per heavy atom. The second-order valence-corrected chi connectivity index (χ2v) is 5.37. The van der Waals surface area contributed by atoms with Crippen LogP contribution in [0.5, 0.6) is 0 Å². The van der Waals surface area contributed by atoms with Gasteiger partial charge in [-0.1, -0.05) is 0 Å². The van der Waals surface area contributed by atoms with Crippen molar-refractivity contribution in [3.63, 3.8) is 0 Å². The molecule has 0 saturated carbocycles. The van der Waals surface area contributed by atoms with E-state index in [0.717, 1.165) is 5.69 Å². The van der Waals surface area contributed by atoms with Crippen molar-refractivity contribution in [2.75, 3.05) is 11.4 Å². The molecule has 1 saturated heterocycles. The lowest BCUT2D eigenvalue weighted by molar-refractivity contribution is -0.128. The Morgan fingerprint density at radius 2 is 2.27 bits per heavy atom. The zero-order chi connectivity index (χ0) is 15.7. The first kappa shape index (κ1) is 14.3. The van der Waals surface area contributed by atoms with Crippen molar-refractivity contribution in [1.82, 2.24) is 24.9 Å². The Bertz CT molecular complexity index is 677. The van der Waals surface area contributed by atoms with Crippen molar-refractivity contribution in [2.45, 2.75) is 25.4 Å². The van der Waals surface area contributed by atoms with Gasteiger partial charge in [0.05, 0.1) is 11.9 Å². The average molecular weight is 302 g/mol. The van der Waals surface area contributed by atoms with E-state index in [1.165, 1.54) is 0 Å². The zero-order valence-electron chi connectivity index (χ0n) is 12.5. The predicted molar refractivity (Wildman–Crippen MR) is 79.0 cm³/mol. The number of rotatable bonds is 4. The summed E-state index contributed by atoms with van der Waals surface area (Å²) in [5.41, 5.74) is 0.754. The number of aromatic nitrogens is 4. The Kier molecular flexibility index (Phi) is 3.66. The molecular formula is C14H18N6O2. The summed E-state index contributed by atoms with van der Waals surface area (Å²) in [5, 5.41) is 10.9. The van der Waals surface area contributed by atoms with Crippen molar-refractivity contribution in [1.29, 1.82) is 0 Å². The lowest BCUT2D eigenvalue weighted by atomic mass is 10.2. The predicted octanol–water partition coefficient (Wildman–Crippen LogP) is 0.0993. The molecule has 1 aliphatic rings. The van der Waals surface area contributed by atoms with Crippen LogP contribution < -0.4 is 10.2 Å².